The number of hydrogen-bond donors (Lipinski definition) is 0. The second-order valence-electron chi connectivity index (χ2n) is 6.59. The minimum absolute atomic E-state index is 0.0817. The Morgan fingerprint density at radius 1 is 1.32 bits per heavy atom. The zero-order valence-electron chi connectivity index (χ0n) is 14.5. The monoisotopic (exact) mass is 339 g/mol. The standard InChI is InChI=1S/C18H21N5O2/c1-12-19-13(2)23(20-12)14-6-5-9-22(11-14)18(24)10-16-15-7-3-4-8-17(15)25-21-16/h3-4,7-8,14H,5-6,9-11H2,1-2H3/t14-/m0/s1. The summed E-state index contributed by atoms with van der Waals surface area (Å²) in [4.78, 5) is 19.1. The van der Waals surface area contributed by atoms with Gasteiger partial charge in [0.15, 0.2) is 5.58 Å². The number of carbonyl (C=O) groups is 1. The summed E-state index contributed by atoms with van der Waals surface area (Å²) in [7, 11) is 0. The molecule has 0 unspecified atom stereocenters. The van der Waals surface area contributed by atoms with E-state index in [-0.39, 0.29) is 18.4 Å². The zero-order valence-corrected chi connectivity index (χ0v) is 14.5. The number of aromatic nitrogens is 4. The van der Waals surface area contributed by atoms with Crippen molar-refractivity contribution in [3.8, 4) is 0 Å². The predicted molar refractivity (Wildman–Crippen MR) is 92.1 cm³/mol. The molecule has 0 N–H and O–H groups in total. The highest BCUT2D eigenvalue weighted by molar-refractivity contribution is 5.86. The number of fused-ring (bicyclic) bond motifs is 1. The molecular formula is C18H21N5O2. The molecule has 1 aliphatic rings. The van der Waals surface area contributed by atoms with Crippen LogP contribution in [0, 0.1) is 13.8 Å². The van der Waals surface area contributed by atoms with E-state index in [0.717, 1.165) is 42.0 Å². The Kier molecular flexibility index (Phi) is 3.99. The summed E-state index contributed by atoms with van der Waals surface area (Å²) in [6.07, 6.45) is 2.24. The first-order chi connectivity index (χ1) is 12.1. The van der Waals surface area contributed by atoms with E-state index in [4.69, 9.17) is 4.52 Å². The normalized spacial score (nSPS) is 18.0. The van der Waals surface area contributed by atoms with Gasteiger partial charge < -0.3 is 9.42 Å². The van der Waals surface area contributed by atoms with Gasteiger partial charge in [-0.2, -0.15) is 5.10 Å². The van der Waals surface area contributed by atoms with Crippen molar-refractivity contribution in [2.45, 2.75) is 39.2 Å². The number of likely N-dealkylation sites (tertiary alicyclic amines) is 1. The fourth-order valence-corrected chi connectivity index (χ4v) is 3.58. The SMILES string of the molecule is Cc1nc(C)n([C@H]2CCCN(C(=O)Cc3noc4ccccc34)C2)n1. The predicted octanol–water partition coefficient (Wildman–Crippen LogP) is 2.44. The number of carbonyl (C=O) groups excluding carboxylic acids is 1. The van der Waals surface area contributed by atoms with Gasteiger partial charge in [0.1, 0.15) is 17.3 Å². The Labute approximate surface area is 145 Å². The highest BCUT2D eigenvalue weighted by Gasteiger charge is 2.27. The van der Waals surface area contributed by atoms with E-state index in [1.165, 1.54) is 0 Å². The van der Waals surface area contributed by atoms with Gasteiger partial charge in [-0.1, -0.05) is 17.3 Å². The summed E-state index contributed by atoms with van der Waals surface area (Å²) in [6.45, 7) is 5.29. The van der Waals surface area contributed by atoms with E-state index in [2.05, 4.69) is 15.2 Å². The van der Waals surface area contributed by atoms with Crippen molar-refractivity contribution < 1.29 is 9.32 Å². The van der Waals surface area contributed by atoms with Gasteiger partial charge >= 0.3 is 0 Å². The van der Waals surface area contributed by atoms with Crippen LogP contribution in [0.3, 0.4) is 0 Å². The van der Waals surface area contributed by atoms with Gasteiger partial charge in [-0.25, -0.2) is 9.67 Å². The number of amides is 1. The highest BCUT2D eigenvalue weighted by Crippen LogP contribution is 2.24. The van der Waals surface area contributed by atoms with Crippen LogP contribution in [-0.4, -0.2) is 43.8 Å². The first kappa shape index (κ1) is 15.8. The Balaban J connectivity index is 1.49. The van der Waals surface area contributed by atoms with Gasteiger partial charge in [-0.15, -0.1) is 0 Å². The first-order valence-electron chi connectivity index (χ1n) is 8.62. The van der Waals surface area contributed by atoms with Crippen molar-refractivity contribution in [2.24, 2.45) is 0 Å². The molecule has 3 heterocycles. The number of piperidine rings is 1. The molecule has 3 aromatic rings. The molecule has 25 heavy (non-hydrogen) atoms. The van der Waals surface area contributed by atoms with Crippen LogP contribution in [-0.2, 0) is 11.2 Å². The first-order valence-corrected chi connectivity index (χ1v) is 8.62. The topological polar surface area (TPSA) is 77.0 Å². The second kappa shape index (κ2) is 6.31. The maximum atomic E-state index is 12.8. The van der Waals surface area contributed by atoms with Gasteiger partial charge in [0.2, 0.25) is 5.91 Å². The van der Waals surface area contributed by atoms with Crippen molar-refractivity contribution in [1.29, 1.82) is 0 Å². The minimum Gasteiger partial charge on any atom is -0.356 e. The number of rotatable bonds is 3. The van der Waals surface area contributed by atoms with Gasteiger partial charge in [0.05, 0.1) is 12.5 Å². The minimum atomic E-state index is 0.0817. The summed E-state index contributed by atoms with van der Waals surface area (Å²) in [5.74, 6) is 1.76. The zero-order chi connectivity index (χ0) is 17.4. The van der Waals surface area contributed by atoms with E-state index in [1.807, 2.05) is 47.7 Å². The number of benzene rings is 1. The Morgan fingerprint density at radius 3 is 2.96 bits per heavy atom. The van der Waals surface area contributed by atoms with Crippen LogP contribution in [0.15, 0.2) is 28.8 Å². The number of hydrogen-bond acceptors (Lipinski definition) is 5. The molecular weight excluding hydrogens is 318 g/mol. The molecule has 1 atom stereocenters. The fourth-order valence-electron chi connectivity index (χ4n) is 3.58. The van der Waals surface area contributed by atoms with Crippen molar-refractivity contribution in [3.63, 3.8) is 0 Å². The smallest absolute Gasteiger partial charge is 0.228 e. The van der Waals surface area contributed by atoms with E-state index in [0.29, 0.717) is 12.2 Å². The molecule has 4 rings (SSSR count). The molecule has 2 aromatic heterocycles. The molecule has 0 bridgehead atoms. The average molecular weight is 339 g/mol. The lowest BCUT2D eigenvalue weighted by Gasteiger charge is -2.33. The second-order valence-corrected chi connectivity index (χ2v) is 6.59. The summed E-state index contributed by atoms with van der Waals surface area (Å²) >= 11 is 0. The van der Waals surface area contributed by atoms with E-state index >= 15 is 0 Å². The third-order valence-corrected chi connectivity index (χ3v) is 4.77. The molecule has 0 spiro atoms. The third kappa shape index (κ3) is 3.01. The van der Waals surface area contributed by atoms with Crippen LogP contribution in [0.25, 0.3) is 11.0 Å². The van der Waals surface area contributed by atoms with Gasteiger partial charge in [-0.05, 0) is 38.8 Å². The number of aryl methyl sites for hydroxylation is 2. The molecule has 1 saturated heterocycles. The largest absolute Gasteiger partial charge is 0.356 e. The Hall–Kier alpha value is -2.70. The number of nitrogens with zero attached hydrogens (tertiary/aromatic N) is 5. The third-order valence-electron chi connectivity index (χ3n) is 4.77. The van der Waals surface area contributed by atoms with Crippen LogP contribution in [0.5, 0.6) is 0 Å². The maximum absolute atomic E-state index is 12.8. The van der Waals surface area contributed by atoms with E-state index in [1.54, 1.807) is 0 Å². The molecule has 0 aliphatic carbocycles. The van der Waals surface area contributed by atoms with Crippen molar-refractivity contribution in [1.82, 2.24) is 24.8 Å². The molecule has 130 valence electrons. The van der Waals surface area contributed by atoms with Crippen LogP contribution in [0.1, 0.15) is 36.2 Å². The average Bonchev–Trinajstić information content (AvgIpc) is 3.18. The summed E-state index contributed by atoms with van der Waals surface area (Å²) < 4.78 is 7.26. The van der Waals surface area contributed by atoms with Gasteiger partial charge in [0.25, 0.3) is 0 Å². The number of para-hydroxylation sites is 1. The lowest BCUT2D eigenvalue weighted by Crippen LogP contribution is -2.42. The summed E-state index contributed by atoms with van der Waals surface area (Å²) in [6, 6.07) is 7.82. The van der Waals surface area contributed by atoms with Crippen LogP contribution in [0.2, 0.25) is 0 Å². The summed E-state index contributed by atoms with van der Waals surface area (Å²) in [5, 5.41) is 9.47. The van der Waals surface area contributed by atoms with Crippen LogP contribution >= 0.6 is 0 Å². The molecule has 0 radical (unpaired) electrons. The van der Waals surface area contributed by atoms with Crippen LogP contribution in [0.4, 0.5) is 0 Å². The lowest BCUT2D eigenvalue weighted by atomic mass is 10.0. The molecule has 1 aromatic carbocycles. The van der Waals surface area contributed by atoms with E-state index in [9.17, 15) is 4.79 Å². The van der Waals surface area contributed by atoms with Crippen molar-refractivity contribution in [2.75, 3.05) is 13.1 Å². The Bertz CT molecular complexity index is 913. The molecule has 1 fully saturated rings. The molecule has 1 aliphatic heterocycles. The van der Waals surface area contributed by atoms with Crippen molar-refractivity contribution >= 4 is 16.9 Å². The quantitative estimate of drug-likeness (QED) is 0.732. The molecule has 7 heteroatoms. The molecule has 7 nitrogen and oxygen atoms in total. The molecule has 1 amide bonds. The Morgan fingerprint density at radius 2 is 2.16 bits per heavy atom. The van der Waals surface area contributed by atoms with E-state index < -0.39 is 0 Å². The maximum Gasteiger partial charge on any atom is 0.228 e. The van der Waals surface area contributed by atoms with Crippen molar-refractivity contribution in [3.05, 3.63) is 41.6 Å². The lowest BCUT2D eigenvalue weighted by molar-refractivity contribution is -0.132. The highest BCUT2D eigenvalue weighted by atomic mass is 16.5. The molecule has 0 saturated carbocycles. The summed E-state index contributed by atoms with van der Waals surface area (Å²) in [5.41, 5.74) is 1.42. The van der Waals surface area contributed by atoms with Gasteiger partial charge in [0, 0.05) is 18.5 Å². The van der Waals surface area contributed by atoms with Crippen LogP contribution < -0.4 is 0 Å². The fraction of sp³-hybridized carbons (Fsp3) is 0.444. The van der Waals surface area contributed by atoms with Gasteiger partial charge in [-0.3, -0.25) is 4.79 Å².